The van der Waals surface area contributed by atoms with E-state index in [4.69, 9.17) is 9.47 Å². The summed E-state index contributed by atoms with van der Waals surface area (Å²) in [5.41, 5.74) is 2.55. The van der Waals surface area contributed by atoms with E-state index in [9.17, 15) is 9.59 Å². The number of amides is 2. The summed E-state index contributed by atoms with van der Waals surface area (Å²) in [5, 5.41) is 3.43. The fourth-order valence-corrected chi connectivity index (χ4v) is 4.53. The third-order valence-electron chi connectivity index (χ3n) is 5.35. The molecule has 1 fully saturated rings. The zero-order chi connectivity index (χ0) is 22.7. The minimum absolute atomic E-state index is 0.0662. The number of carbonyl (C=O) groups is 2. The number of anilines is 2. The Morgan fingerprint density at radius 1 is 1.16 bits per heavy atom. The number of aromatic nitrogens is 1. The quantitative estimate of drug-likeness (QED) is 0.571. The molecule has 1 aliphatic heterocycles. The molecule has 0 saturated carbocycles. The van der Waals surface area contributed by atoms with Gasteiger partial charge in [-0.05, 0) is 62.4 Å². The number of nitrogens with zero attached hydrogens (tertiary/aromatic N) is 2. The molecule has 1 saturated heterocycles. The first-order valence-electron chi connectivity index (χ1n) is 10.4. The molecule has 2 heterocycles. The fraction of sp³-hybridized carbons (Fsp3) is 0.292. The van der Waals surface area contributed by atoms with Gasteiger partial charge in [0.25, 0.3) is 0 Å². The summed E-state index contributed by atoms with van der Waals surface area (Å²) in [6.45, 7) is 4.82. The Morgan fingerprint density at radius 3 is 2.50 bits per heavy atom. The summed E-state index contributed by atoms with van der Waals surface area (Å²) in [4.78, 5) is 32.7. The van der Waals surface area contributed by atoms with E-state index in [-0.39, 0.29) is 18.2 Å². The third kappa shape index (κ3) is 4.60. The van der Waals surface area contributed by atoms with E-state index in [2.05, 4.69) is 10.3 Å². The van der Waals surface area contributed by atoms with Gasteiger partial charge in [0.2, 0.25) is 11.8 Å². The first-order valence-corrected chi connectivity index (χ1v) is 11.3. The predicted molar refractivity (Wildman–Crippen MR) is 126 cm³/mol. The molecule has 1 N–H and O–H groups in total. The van der Waals surface area contributed by atoms with Crippen LogP contribution < -0.4 is 19.7 Å². The molecule has 4 rings (SSSR count). The first-order chi connectivity index (χ1) is 15.5. The van der Waals surface area contributed by atoms with E-state index >= 15 is 0 Å². The average Bonchev–Trinajstić information content (AvgIpc) is 3.37. The lowest BCUT2D eigenvalue weighted by Gasteiger charge is -2.17. The van der Waals surface area contributed by atoms with Crippen molar-refractivity contribution < 1.29 is 19.1 Å². The van der Waals surface area contributed by atoms with E-state index in [1.54, 1.807) is 12.0 Å². The molecule has 166 valence electrons. The number of carbonyl (C=O) groups excluding carboxylic acids is 2. The van der Waals surface area contributed by atoms with Gasteiger partial charge in [0.05, 0.1) is 25.3 Å². The number of rotatable bonds is 7. The van der Waals surface area contributed by atoms with E-state index in [0.29, 0.717) is 18.3 Å². The van der Waals surface area contributed by atoms with Crippen molar-refractivity contribution in [3.05, 3.63) is 53.4 Å². The highest BCUT2D eigenvalue weighted by molar-refractivity contribution is 7.16. The molecule has 1 aromatic heterocycles. The molecule has 0 aliphatic carbocycles. The molecule has 2 aromatic carbocycles. The van der Waals surface area contributed by atoms with Gasteiger partial charge >= 0.3 is 0 Å². The van der Waals surface area contributed by atoms with Crippen LogP contribution in [0.2, 0.25) is 0 Å². The zero-order valence-corrected chi connectivity index (χ0v) is 19.1. The maximum Gasteiger partial charge on any atom is 0.231 e. The van der Waals surface area contributed by atoms with Gasteiger partial charge in [-0.25, -0.2) is 4.98 Å². The van der Waals surface area contributed by atoms with Crippen molar-refractivity contribution in [1.29, 1.82) is 0 Å². The first kappa shape index (κ1) is 21.8. The van der Waals surface area contributed by atoms with Crippen molar-refractivity contribution in [2.45, 2.75) is 20.3 Å². The standard InChI is InChI=1S/C24H25N3O4S/c1-4-31-20-11-7-18(8-12-20)27-14-17(13-21(27)28)23(29)26-24-25-22(15(2)32-24)16-5-9-19(30-3)10-6-16/h5-12,17H,4,13-14H2,1-3H3,(H,25,26,29). The number of hydrogen-bond donors (Lipinski definition) is 1. The summed E-state index contributed by atoms with van der Waals surface area (Å²) in [6, 6.07) is 15.0. The van der Waals surface area contributed by atoms with E-state index < -0.39 is 5.92 Å². The molecule has 0 spiro atoms. The van der Waals surface area contributed by atoms with Crippen LogP contribution in [0.15, 0.2) is 48.5 Å². The third-order valence-corrected chi connectivity index (χ3v) is 6.23. The monoisotopic (exact) mass is 451 g/mol. The van der Waals surface area contributed by atoms with Crippen LogP contribution in [0.25, 0.3) is 11.3 Å². The molecule has 1 unspecified atom stereocenters. The Hall–Kier alpha value is -3.39. The highest BCUT2D eigenvalue weighted by atomic mass is 32.1. The van der Waals surface area contributed by atoms with Crippen molar-refractivity contribution in [2.24, 2.45) is 5.92 Å². The predicted octanol–water partition coefficient (Wildman–Crippen LogP) is 4.52. The second kappa shape index (κ2) is 9.40. The van der Waals surface area contributed by atoms with E-state index in [1.165, 1.54) is 11.3 Å². The maximum absolute atomic E-state index is 12.9. The van der Waals surface area contributed by atoms with E-state index in [1.807, 2.05) is 62.4 Å². The lowest BCUT2D eigenvalue weighted by atomic mass is 10.1. The van der Waals surface area contributed by atoms with Gasteiger partial charge in [-0.3, -0.25) is 9.59 Å². The summed E-state index contributed by atoms with van der Waals surface area (Å²) in [6.07, 6.45) is 0.175. The molecule has 7 nitrogen and oxygen atoms in total. The summed E-state index contributed by atoms with van der Waals surface area (Å²) in [7, 11) is 1.63. The number of nitrogens with one attached hydrogen (secondary N) is 1. The second-order valence-electron chi connectivity index (χ2n) is 7.47. The fourth-order valence-electron chi connectivity index (χ4n) is 3.70. The lowest BCUT2D eigenvalue weighted by molar-refractivity contribution is -0.122. The maximum atomic E-state index is 12.9. The van der Waals surface area contributed by atoms with Crippen molar-refractivity contribution in [1.82, 2.24) is 4.98 Å². The summed E-state index contributed by atoms with van der Waals surface area (Å²) in [5.74, 6) is 0.843. The van der Waals surface area contributed by atoms with Gasteiger partial charge in [0.1, 0.15) is 11.5 Å². The lowest BCUT2D eigenvalue weighted by Crippen LogP contribution is -2.28. The van der Waals surface area contributed by atoms with Crippen molar-refractivity contribution in [2.75, 3.05) is 30.5 Å². The largest absolute Gasteiger partial charge is 0.497 e. The molecule has 3 aromatic rings. The van der Waals surface area contributed by atoms with Gasteiger partial charge in [0.15, 0.2) is 5.13 Å². The Labute approximate surface area is 191 Å². The van der Waals surface area contributed by atoms with Gasteiger partial charge in [-0.2, -0.15) is 0 Å². The molecule has 0 bridgehead atoms. The minimum atomic E-state index is -0.428. The highest BCUT2D eigenvalue weighted by Gasteiger charge is 2.35. The van der Waals surface area contributed by atoms with Crippen LogP contribution >= 0.6 is 11.3 Å². The minimum Gasteiger partial charge on any atom is -0.497 e. The second-order valence-corrected chi connectivity index (χ2v) is 8.68. The number of ether oxygens (including phenoxy) is 2. The van der Waals surface area contributed by atoms with Crippen molar-refractivity contribution >= 4 is 34.0 Å². The average molecular weight is 452 g/mol. The molecular formula is C24H25N3O4S. The van der Waals surface area contributed by atoms with Crippen molar-refractivity contribution in [3.63, 3.8) is 0 Å². The summed E-state index contributed by atoms with van der Waals surface area (Å²) < 4.78 is 10.7. The Kier molecular flexibility index (Phi) is 6.41. The number of aryl methyl sites for hydroxylation is 1. The van der Waals surface area contributed by atoms with Crippen LogP contribution in [0.5, 0.6) is 11.5 Å². The molecular weight excluding hydrogens is 426 g/mol. The van der Waals surface area contributed by atoms with Gasteiger partial charge < -0.3 is 19.7 Å². The molecule has 32 heavy (non-hydrogen) atoms. The van der Waals surface area contributed by atoms with Gasteiger partial charge in [0, 0.05) is 29.1 Å². The Bertz CT molecular complexity index is 1110. The van der Waals surface area contributed by atoms with Crippen LogP contribution in [0, 0.1) is 12.8 Å². The van der Waals surface area contributed by atoms with Gasteiger partial charge in [-0.15, -0.1) is 11.3 Å². The zero-order valence-electron chi connectivity index (χ0n) is 18.3. The van der Waals surface area contributed by atoms with Gasteiger partial charge in [-0.1, -0.05) is 0 Å². The number of benzene rings is 2. The molecule has 1 atom stereocenters. The van der Waals surface area contributed by atoms with Crippen LogP contribution in [0.1, 0.15) is 18.2 Å². The SMILES string of the molecule is CCOc1ccc(N2CC(C(=O)Nc3nc(-c4ccc(OC)cc4)c(C)s3)CC2=O)cc1. The van der Waals surface area contributed by atoms with Crippen LogP contribution in [-0.4, -0.2) is 37.1 Å². The van der Waals surface area contributed by atoms with Crippen LogP contribution in [0.4, 0.5) is 10.8 Å². The normalized spacial score (nSPS) is 15.7. The summed E-state index contributed by atoms with van der Waals surface area (Å²) >= 11 is 1.42. The topological polar surface area (TPSA) is 80.8 Å². The number of hydrogen-bond acceptors (Lipinski definition) is 6. The van der Waals surface area contributed by atoms with Crippen LogP contribution in [0.3, 0.4) is 0 Å². The molecule has 0 radical (unpaired) electrons. The van der Waals surface area contributed by atoms with E-state index in [0.717, 1.165) is 33.3 Å². The van der Waals surface area contributed by atoms with Crippen LogP contribution in [-0.2, 0) is 9.59 Å². The Morgan fingerprint density at radius 2 is 1.84 bits per heavy atom. The molecule has 1 aliphatic rings. The highest BCUT2D eigenvalue weighted by Crippen LogP contribution is 2.32. The molecule has 2 amide bonds. The number of methoxy groups -OCH3 is 1. The molecule has 8 heteroatoms. The number of thiazole rings is 1. The Balaban J connectivity index is 1.42. The smallest absolute Gasteiger partial charge is 0.231 e. The van der Waals surface area contributed by atoms with Crippen molar-refractivity contribution in [3.8, 4) is 22.8 Å².